The molecule has 354 valence electrons. The Morgan fingerprint density at radius 2 is 1.40 bits per heavy atom. The molecule has 1 aromatic carbocycles. The second-order valence-electron chi connectivity index (χ2n) is 16.1. The summed E-state index contributed by atoms with van der Waals surface area (Å²) in [6, 6.07) is 6.93. The monoisotopic (exact) mass is 877 g/mol. The zero-order valence-electron chi connectivity index (χ0n) is 44.6. The summed E-state index contributed by atoms with van der Waals surface area (Å²) >= 11 is 0. The van der Waals surface area contributed by atoms with Crippen LogP contribution in [0.5, 0.6) is 0 Å². The number of benzene rings is 1. The third-order valence-electron chi connectivity index (χ3n) is 11.4. The minimum atomic E-state index is -0.205. The van der Waals surface area contributed by atoms with Crippen molar-refractivity contribution in [3.05, 3.63) is 209 Å². The molecule has 0 spiro atoms. The van der Waals surface area contributed by atoms with Crippen molar-refractivity contribution in [1.82, 2.24) is 9.47 Å². The summed E-state index contributed by atoms with van der Waals surface area (Å²) < 4.78 is 2.35. The number of allylic oxidation sites excluding steroid dienone is 22. The Morgan fingerprint density at radius 1 is 0.815 bits per heavy atom. The molecule has 2 heterocycles. The minimum Gasteiger partial charge on any atom is -0.342 e. The van der Waals surface area contributed by atoms with Crippen molar-refractivity contribution < 1.29 is 0 Å². The first kappa shape index (κ1) is 59.7. The lowest BCUT2D eigenvalue weighted by Crippen LogP contribution is -2.22. The lowest BCUT2D eigenvalue weighted by Gasteiger charge is -2.30. The zero-order valence-corrected chi connectivity index (χ0v) is 44.6. The Hall–Kier alpha value is -5.34. The maximum Gasteiger partial charge on any atom is 0.0494 e. The van der Waals surface area contributed by atoms with E-state index in [1.165, 1.54) is 56.8 Å². The fraction of sp³-hybridized carbons (Fsp3) is 0.397. The van der Waals surface area contributed by atoms with Crippen LogP contribution >= 0.6 is 0 Å². The van der Waals surface area contributed by atoms with E-state index < -0.39 is 0 Å². The fourth-order valence-corrected chi connectivity index (χ4v) is 8.00. The van der Waals surface area contributed by atoms with Gasteiger partial charge in [0, 0.05) is 46.3 Å². The van der Waals surface area contributed by atoms with Gasteiger partial charge in [0.2, 0.25) is 0 Å². The van der Waals surface area contributed by atoms with E-state index in [2.05, 4.69) is 227 Å². The van der Waals surface area contributed by atoms with Crippen LogP contribution in [0.2, 0.25) is 0 Å². The first-order valence-corrected chi connectivity index (χ1v) is 24.8. The quantitative estimate of drug-likeness (QED) is 0.172. The Balaban J connectivity index is 0.00000425. The van der Waals surface area contributed by atoms with Crippen molar-refractivity contribution in [2.75, 3.05) is 6.54 Å². The third kappa shape index (κ3) is 17.2. The summed E-state index contributed by atoms with van der Waals surface area (Å²) in [7, 11) is 0. The molecule has 1 aliphatic carbocycles. The fourth-order valence-electron chi connectivity index (χ4n) is 8.00. The second kappa shape index (κ2) is 33.2. The van der Waals surface area contributed by atoms with Gasteiger partial charge in [-0.3, -0.25) is 0 Å². The van der Waals surface area contributed by atoms with Gasteiger partial charge in [0.15, 0.2) is 0 Å². The van der Waals surface area contributed by atoms with Gasteiger partial charge in [-0.2, -0.15) is 0 Å². The van der Waals surface area contributed by atoms with Crippen molar-refractivity contribution in [3.8, 4) is 5.69 Å². The molecule has 2 unspecified atom stereocenters. The summed E-state index contributed by atoms with van der Waals surface area (Å²) in [6.07, 6.45) is 49.2. The standard InChI is InChI=1S/C54H66N2.C3H8.3C2H6/c1-13-18-29-51-43(9)44(10)52(30-19-14-2)56(51)48-36-37-50(41(7)39-48)54(11,12)47(17-5)35-34-45(16-4)46(26-15-3)33-32-42(8)55-38-25-21-22-27-40(6)49-28-23-20-24-31-53(49)55;1-3-2;3*1-2/h13-15,17-27,29-37,39-40,45H,1-2,16,28,38H2,3-12H3;3H2,1-2H3;3*1-2H3/b25-21-,26-15-,27-22-,29-18-,30-19-,35-34-,42-32+,46-33+,47-17+;;;;. The van der Waals surface area contributed by atoms with Crippen LogP contribution in [-0.2, 0) is 5.41 Å². The van der Waals surface area contributed by atoms with Gasteiger partial charge in [-0.1, -0.05) is 212 Å². The van der Waals surface area contributed by atoms with Crippen LogP contribution in [0.1, 0.15) is 157 Å². The van der Waals surface area contributed by atoms with E-state index in [-0.39, 0.29) is 11.3 Å². The Labute approximate surface area is 401 Å². The molecule has 1 aromatic heterocycles. The maximum absolute atomic E-state index is 3.92. The lowest BCUT2D eigenvalue weighted by atomic mass is 9.75. The van der Waals surface area contributed by atoms with Gasteiger partial charge in [0.05, 0.1) is 0 Å². The van der Waals surface area contributed by atoms with Crippen LogP contribution in [0.3, 0.4) is 0 Å². The Kier molecular flexibility index (Phi) is 30.5. The molecule has 2 aromatic rings. The number of nitrogens with zero attached hydrogens (tertiary/aromatic N) is 2. The SMILES string of the molecule is C=C/C=C\c1c(C)c(C)c(/C=C\C=C)n1-c1ccc(C(C)(C)C(/C=C\C(CC)C(/C=C\C)=C/C=C(\C)N2C/C=C\C=C/C(C)C3=C2C=CC=CC3)=C/C)c(C)c1.CC.CC.CC.CCC. The molecule has 2 heteroatoms. The summed E-state index contributed by atoms with van der Waals surface area (Å²) in [4.78, 5) is 2.46. The third-order valence-corrected chi connectivity index (χ3v) is 11.4. The molecule has 0 radical (unpaired) electrons. The van der Waals surface area contributed by atoms with Gasteiger partial charge in [-0.05, 0) is 136 Å². The molecule has 2 aliphatic rings. The Morgan fingerprint density at radius 3 is 1.92 bits per heavy atom. The van der Waals surface area contributed by atoms with Crippen molar-refractivity contribution in [2.24, 2.45) is 11.8 Å². The smallest absolute Gasteiger partial charge is 0.0494 e. The van der Waals surface area contributed by atoms with Crippen LogP contribution in [0, 0.1) is 32.6 Å². The van der Waals surface area contributed by atoms with Crippen molar-refractivity contribution >= 4 is 12.2 Å². The van der Waals surface area contributed by atoms with Gasteiger partial charge in [-0.15, -0.1) is 0 Å². The maximum atomic E-state index is 3.92. The minimum absolute atomic E-state index is 0.205. The highest BCUT2D eigenvalue weighted by molar-refractivity contribution is 5.67. The molecular formula is C63H92N2. The van der Waals surface area contributed by atoms with Crippen LogP contribution in [0.15, 0.2) is 175 Å². The van der Waals surface area contributed by atoms with E-state index in [1.54, 1.807) is 0 Å². The van der Waals surface area contributed by atoms with Gasteiger partial charge < -0.3 is 9.47 Å². The highest BCUT2D eigenvalue weighted by Crippen LogP contribution is 2.38. The van der Waals surface area contributed by atoms with Crippen LogP contribution in [-0.4, -0.2) is 16.0 Å². The zero-order chi connectivity index (χ0) is 49.5. The average molecular weight is 877 g/mol. The molecule has 0 saturated heterocycles. The predicted molar refractivity (Wildman–Crippen MR) is 299 cm³/mol. The van der Waals surface area contributed by atoms with E-state index in [0.717, 1.165) is 36.5 Å². The van der Waals surface area contributed by atoms with Crippen LogP contribution in [0.4, 0.5) is 0 Å². The highest BCUT2D eigenvalue weighted by Gasteiger charge is 2.27. The van der Waals surface area contributed by atoms with Crippen LogP contribution in [0.25, 0.3) is 17.8 Å². The number of rotatable bonds is 14. The average Bonchev–Trinajstić information content (AvgIpc) is 3.41. The molecule has 2 nitrogen and oxygen atoms in total. The first-order chi connectivity index (χ1) is 31.4. The number of hydrogen-bond acceptors (Lipinski definition) is 1. The lowest BCUT2D eigenvalue weighted by molar-refractivity contribution is 0.476. The largest absolute Gasteiger partial charge is 0.342 e. The van der Waals surface area contributed by atoms with Crippen molar-refractivity contribution in [2.45, 2.75) is 149 Å². The molecule has 1 aliphatic heterocycles. The van der Waals surface area contributed by atoms with E-state index in [0.29, 0.717) is 5.92 Å². The van der Waals surface area contributed by atoms with E-state index in [9.17, 15) is 0 Å². The van der Waals surface area contributed by atoms with Gasteiger partial charge in [-0.25, -0.2) is 0 Å². The van der Waals surface area contributed by atoms with E-state index in [4.69, 9.17) is 0 Å². The molecular weight excluding hydrogens is 785 g/mol. The normalized spacial score (nSPS) is 17.0. The molecule has 0 saturated carbocycles. The summed E-state index contributed by atoms with van der Waals surface area (Å²) in [5, 5.41) is 0. The molecule has 2 atom stereocenters. The van der Waals surface area contributed by atoms with Crippen molar-refractivity contribution in [3.63, 3.8) is 0 Å². The molecule has 4 rings (SSSR count). The highest BCUT2D eigenvalue weighted by atomic mass is 15.1. The van der Waals surface area contributed by atoms with Crippen LogP contribution < -0.4 is 0 Å². The summed E-state index contributed by atoms with van der Waals surface area (Å²) in [6.45, 7) is 47.4. The van der Waals surface area contributed by atoms with E-state index >= 15 is 0 Å². The summed E-state index contributed by atoms with van der Waals surface area (Å²) in [5.41, 5.74) is 15.0. The number of aryl methyl sites for hydroxylation is 1. The number of aromatic nitrogens is 1. The topological polar surface area (TPSA) is 8.17 Å². The predicted octanol–water partition coefficient (Wildman–Crippen LogP) is 19.3. The van der Waals surface area contributed by atoms with Crippen molar-refractivity contribution in [1.29, 1.82) is 0 Å². The second-order valence-corrected chi connectivity index (χ2v) is 16.1. The van der Waals surface area contributed by atoms with Gasteiger partial charge >= 0.3 is 0 Å². The molecule has 0 bridgehead atoms. The number of hydrogen-bond donors (Lipinski definition) is 0. The Bertz CT molecular complexity index is 2090. The molecule has 0 N–H and O–H groups in total. The molecule has 0 amide bonds. The molecule has 0 fully saturated rings. The van der Waals surface area contributed by atoms with Gasteiger partial charge in [0.25, 0.3) is 0 Å². The first-order valence-electron chi connectivity index (χ1n) is 24.8. The van der Waals surface area contributed by atoms with Gasteiger partial charge in [0.1, 0.15) is 0 Å². The van der Waals surface area contributed by atoms with E-state index in [1.807, 2.05) is 65.8 Å². The summed E-state index contributed by atoms with van der Waals surface area (Å²) in [5.74, 6) is 0.638. The molecule has 65 heavy (non-hydrogen) atoms.